The summed E-state index contributed by atoms with van der Waals surface area (Å²) in [6, 6.07) is 11.2. The molecular formula is C21H15NO3. The van der Waals surface area contributed by atoms with E-state index in [-0.39, 0.29) is 11.7 Å². The lowest BCUT2D eigenvalue weighted by molar-refractivity contribution is -0.115. The fraction of sp³-hybridized carbons (Fsp3) is 0.0952. The Morgan fingerprint density at radius 1 is 1.20 bits per heavy atom. The molecule has 0 saturated carbocycles. The summed E-state index contributed by atoms with van der Waals surface area (Å²) < 4.78 is 5.40. The molecular weight excluding hydrogens is 314 g/mol. The minimum atomic E-state index is -0.236. The number of phenols is 1. The van der Waals surface area contributed by atoms with Crippen molar-refractivity contribution in [3.05, 3.63) is 82.1 Å². The molecule has 25 heavy (non-hydrogen) atoms. The lowest BCUT2D eigenvalue weighted by Gasteiger charge is -2.07. The van der Waals surface area contributed by atoms with Crippen molar-refractivity contribution in [1.29, 1.82) is 0 Å². The number of carbonyl (C=O) groups is 1. The van der Waals surface area contributed by atoms with E-state index in [0.29, 0.717) is 34.8 Å². The molecule has 2 aromatic carbocycles. The van der Waals surface area contributed by atoms with E-state index in [0.717, 1.165) is 10.8 Å². The summed E-state index contributed by atoms with van der Waals surface area (Å²) in [6.07, 6.45) is 3.43. The molecule has 0 radical (unpaired) electrons. The van der Waals surface area contributed by atoms with Gasteiger partial charge in [-0.3, -0.25) is 4.79 Å². The molecule has 0 atom stereocenters. The average molecular weight is 329 g/mol. The molecule has 0 unspecified atom stereocenters. The minimum absolute atomic E-state index is 0.127. The van der Waals surface area contributed by atoms with E-state index < -0.39 is 0 Å². The number of nitrogens with one attached hydrogen (secondary N) is 1. The summed E-state index contributed by atoms with van der Waals surface area (Å²) in [7, 11) is 0. The second-order valence-corrected chi connectivity index (χ2v) is 5.71. The Morgan fingerprint density at radius 3 is 2.88 bits per heavy atom. The summed E-state index contributed by atoms with van der Waals surface area (Å²) in [4.78, 5) is 12.4. The van der Waals surface area contributed by atoms with Crippen LogP contribution in [-0.2, 0) is 9.53 Å². The highest BCUT2D eigenvalue weighted by Gasteiger charge is 2.29. The molecule has 4 nitrogen and oxygen atoms in total. The number of hydrogen-bond acceptors (Lipinski definition) is 3. The highest BCUT2D eigenvalue weighted by Crippen LogP contribution is 2.34. The third-order valence-corrected chi connectivity index (χ3v) is 4.15. The van der Waals surface area contributed by atoms with E-state index in [2.05, 4.69) is 16.8 Å². The topological polar surface area (TPSA) is 58.6 Å². The Bertz CT molecular complexity index is 1080. The maximum Gasteiger partial charge on any atom is 0.257 e. The van der Waals surface area contributed by atoms with Gasteiger partial charge in [0.1, 0.15) is 5.75 Å². The van der Waals surface area contributed by atoms with Crippen LogP contribution in [0.5, 0.6) is 5.75 Å². The molecule has 1 fully saturated rings. The van der Waals surface area contributed by atoms with Crippen molar-refractivity contribution in [2.75, 3.05) is 6.61 Å². The predicted molar refractivity (Wildman–Crippen MR) is 95.5 cm³/mol. The van der Waals surface area contributed by atoms with E-state index in [4.69, 9.17) is 4.74 Å². The number of allylic oxidation sites excluding steroid dienone is 2. The zero-order valence-electron chi connectivity index (χ0n) is 13.6. The molecule has 4 heteroatoms. The molecule has 2 N–H and O–H groups in total. The minimum Gasteiger partial charge on any atom is -0.507 e. The Morgan fingerprint density at radius 2 is 2.04 bits per heavy atom. The van der Waals surface area contributed by atoms with Crippen molar-refractivity contribution in [2.24, 2.45) is 0 Å². The molecule has 1 saturated heterocycles. The number of aromatic hydroxyl groups is 1. The number of amides is 1. The zero-order chi connectivity index (χ0) is 17.4. The van der Waals surface area contributed by atoms with Gasteiger partial charge >= 0.3 is 0 Å². The largest absolute Gasteiger partial charge is 0.507 e. The molecule has 122 valence electrons. The van der Waals surface area contributed by atoms with Crippen LogP contribution < -0.4 is 5.32 Å². The molecule has 1 aliphatic carbocycles. The van der Waals surface area contributed by atoms with Gasteiger partial charge in [0, 0.05) is 11.6 Å². The van der Waals surface area contributed by atoms with Crippen molar-refractivity contribution in [1.82, 2.24) is 5.32 Å². The molecule has 1 heterocycles. The van der Waals surface area contributed by atoms with Gasteiger partial charge in [-0.25, -0.2) is 0 Å². The standard InChI is InChI=1S/C21H15NO3/c1-2-25-14-8-9-16-18(21(24)22-19(16)11-14)12-17-15-6-4-3-5-13(15)7-10-20(17)23/h3-7,10-12,23H,2H2,1H3,(H,22,24)/b18-12+. The maximum atomic E-state index is 12.4. The zero-order valence-corrected chi connectivity index (χ0v) is 13.6. The number of carbonyl (C=O) groups excluding carboxylic acids is 1. The van der Waals surface area contributed by atoms with Crippen LogP contribution in [0.2, 0.25) is 0 Å². The lowest BCUT2D eigenvalue weighted by Crippen LogP contribution is -2.13. The van der Waals surface area contributed by atoms with Crippen molar-refractivity contribution >= 4 is 22.8 Å². The van der Waals surface area contributed by atoms with Crippen molar-refractivity contribution in [3.8, 4) is 5.75 Å². The number of benzene rings is 2. The van der Waals surface area contributed by atoms with Crippen LogP contribution in [0.25, 0.3) is 16.8 Å². The van der Waals surface area contributed by atoms with E-state index in [1.54, 1.807) is 18.2 Å². The molecule has 1 aliphatic heterocycles. The SMILES string of the molecule is CCOC1=C=C=C2C(=C1)NC(=O)/C2=C/c1c(O)ccc2ccccc12. The van der Waals surface area contributed by atoms with Gasteiger partial charge in [-0.2, -0.15) is 0 Å². The van der Waals surface area contributed by atoms with Gasteiger partial charge < -0.3 is 15.2 Å². The smallest absolute Gasteiger partial charge is 0.257 e. The van der Waals surface area contributed by atoms with E-state index >= 15 is 0 Å². The average Bonchev–Trinajstić information content (AvgIpc) is 2.92. The summed E-state index contributed by atoms with van der Waals surface area (Å²) in [5, 5.41) is 15.0. The van der Waals surface area contributed by atoms with Crippen LogP contribution in [0.1, 0.15) is 12.5 Å². The number of fused-ring (bicyclic) bond motifs is 2. The Balaban J connectivity index is 1.91. The number of hydrogen-bond donors (Lipinski definition) is 2. The molecule has 0 spiro atoms. The summed E-state index contributed by atoms with van der Waals surface area (Å²) in [5.41, 5.74) is 8.22. The Kier molecular flexibility index (Phi) is 3.55. The Labute approximate surface area is 144 Å². The monoisotopic (exact) mass is 329 g/mol. The first-order valence-corrected chi connectivity index (χ1v) is 8.02. The van der Waals surface area contributed by atoms with Crippen LogP contribution in [0.15, 0.2) is 76.5 Å². The molecule has 0 aromatic heterocycles. The fourth-order valence-corrected chi connectivity index (χ4v) is 3.00. The molecule has 2 aliphatic rings. The Hall–Kier alpha value is -3.45. The highest BCUT2D eigenvalue weighted by atomic mass is 16.5. The second kappa shape index (κ2) is 5.88. The predicted octanol–water partition coefficient (Wildman–Crippen LogP) is 3.56. The molecule has 4 rings (SSSR count). The van der Waals surface area contributed by atoms with Gasteiger partial charge in [0.05, 0.1) is 23.5 Å². The van der Waals surface area contributed by atoms with Crippen LogP contribution >= 0.6 is 0 Å². The van der Waals surface area contributed by atoms with Gasteiger partial charge in [-0.1, -0.05) is 36.1 Å². The normalized spacial score (nSPS) is 17.1. The van der Waals surface area contributed by atoms with Gasteiger partial charge in [-0.15, -0.1) is 0 Å². The van der Waals surface area contributed by atoms with Crippen molar-refractivity contribution < 1.29 is 14.6 Å². The van der Waals surface area contributed by atoms with Gasteiger partial charge in [0.25, 0.3) is 5.91 Å². The third kappa shape index (κ3) is 2.56. The van der Waals surface area contributed by atoms with Gasteiger partial charge in [-0.05, 0) is 35.6 Å². The van der Waals surface area contributed by atoms with Crippen LogP contribution in [0.3, 0.4) is 0 Å². The first kappa shape index (κ1) is 15.1. The second-order valence-electron chi connectivity index (χ2n) is 5.71. The third-order valence-electron chi connectivity index (χ3n) is 4.15. The fourth-order valence-electron chi connectivity index (χ4n) is 3.00. The van der Waals surface area contributed by atoms with E-state index in [9.17, 15) is 9.90 Å². The van der Waals surface area contributed by atoms with E-state index in [1.165, 1.54) is 0 Å². The number of ether oxygens (including phenoxy) is 1. The molecule has 2 aromatic rings. The van der Waals surface area contributed by atoms with Crippen LogP contribution in [-0.4, -0.2) is 17.6 Å². The van der Waals surface area contributed by atoms with Gasteiger partial charge in [0.2, 0.25) is 0 Å². The first-order valence-electron chi connectivity index (χ1n) is 8.02. The number of phenolic OH excluding ortho intramolecular Hbond substituents is 1. The maximum absolute atomic E-state index is 12.4. The molecule has 0 bridgehead atoms. The first-order chi connectivity index (χ1) is 12.2. The summed E-state index contributed by atoms with van der Waals surface area (Å²) in [5.74, 6) is 0.429. The van der Waals surface area contributed by atoms with Crippen LogP contribution in [0.4, 0.5) is 0 Å². The summed E-state index contributed by atoms with van der Waals surface area (Å²) in [6.45, 7) is 2.40. The van der Waals surface area contributed by atoms with Crippen LogP contribution in [0, 0.1) is 0 Å². The quantitative estimate of drug-likeness (QED) is 0.669. The summed E-state index contributed by atoms with van der Waals surface area (Å²) >= 11 is 0. The van der Waals surface area contributed by atoms with E-state index in [1.807, 2.05) is 37.3 Å². The van der Waals surface area contributed by atoms with Crippen molar-refractivity contribution in [2.45, 2.75) is 6.92 Å². The number of rotatable bonds is 3. The highest BCUT2D eigenvalue weighted by molar-refractivity contribution is 6.10. The molecule has 1 amide bonds. The van der Waals surface area contributed by atoms with Crippen molar-refractivity contribution in [3.63, 3.8) is 0 Å². The van der Waals surface area contributed by atoms with Gasteiger partial charge in [0.15, 0.2) is 5.76 Å². The lowest BCUT2D eigenvalue weighted by atomic mass is 9.98.